The molecule has 0 atom stereocenters. The predicted octanol–water partition coefficient (Wildman–Crippen LogP) is -3.58. The van der Waals surface area contributed by atoms with Gasteiger partial charge in [-0.3, -0.25) is 0 Å². The van der Waals surface area contributed by atoms with E-state index in [-0.39, 0.29) is 68.9 Å². The van der Waals surface area contributed by atoms with Gasteiger partial charge in [-0.1, -0.05) is 0 Å². The van der Waals surface area contributed by atoms with Gasteiger partial charge in [0, 0.05) is 0 Å². The summed E-state index contributed by atoms with van der Waals surface area (Å²) in [7, 11) is 0. The normalized spacial score (nSPS) is 5.33. The fraction of sp³-hybridized carbons (Fsp3) is 0. The van der Waals surface area contributed by atoms with Crippen molar-refractivity contribution in [2.75, 3.05) is 0 Å². The van der Waals surface area contributed by atoms with E-state index in [1.54, 1.807) is 0 Å². The summed E-state index contributed by atoms with van der Waals surface area (Å²) in [5, 5.41) is 28.4. The van der Waals surface area contributed by atoms with Crippen LogP contribution in [-0.2, 0) is 0 Å². The smallest absolute Gasteiger partial charge is 0.356 e. The van der Waals surface area contributed by atoms with Crippen LogP contribution in [-0.4, -0.2) is 15.4 Å². The molecule has 0 aliphatic carbocycles. The van der Waals surface area contributed by atoms with Gasteiger partial charge in [-0.05, 0) is 0 Å². The molecule has 9 heavy (non-hydrogen) atoms. The first kappa shape index (κ1) is 16.2. The second kappa shape index (κ2) is 11.3. The molecule has 0 bridgehead atoms. The number of nitrogens with zero attached hydrogens (tertiary/aromatic N) is 2. The molecular weight excluding hydrogens is 257 g/mol. The molecule has 0 amide bonds. The fourth-order valence-electron chi connectivity index (χ4n) is 0. The zero-order chi connectivity index (χ0) is 7.15. The van der Waals surface area contributed by atoms with Crippen LogP contribution in [0.2, 0.25) is 0 Å². The molecule has 0 aromatic heterocycles. The summed E-state index contributed by atoms with van der Waals surface area (Å²) in [5.41, 5.74) is 0. The largest absolute Gasteiger partial charge is 1.00 e. The van der Waals surface area contributed by atoms with Crippen molar-refractivity contribution in [1.29, 1.82) is 0 Å². The predicted molar refractivity (Wildman–Crippen MR) is 19.1 cm³/mol. The Balaban J connectivity index is -0.0000000720. The van der Waals surface area contributed by atoms with Gasteiger partial charge < -0.3 is 20.5 Å². The van der Waals surface area contributed by atoms with Gasteiger partial charge in [0.25, 0.3) is 5.09 Å². The topological polar surface area (TPSA) is 130 Å². The third kappa shape index (κ3) is 1720. The minimum atomic E-state index is -1.75. The molecule has 0 rings (SSSR count). The van der Waals surface area contributed by atoms with Crippen molar-refractivity contribution in [3.8, 4) is 0 Å². The maximum Gasteiger partial charge on any atom is 1.00 e. The number of hydrogen-bond acceptors (Lipinski definition) is 5. The Morgan fingerprint density at radius 2 is 1.11 bits per heavy atom. The van der Waals surface area contributed by atoms with Crippen LogP contribution in [0, 0.1) is 25.4 Å². The van der Waals surface area contributed by atoms with E-state index < -0.39 is 10.2 Å². The summed E-state index contributed by atoms with van der Waals surface area (Å²) in [6.45, 7) is 0. The van der Waals surface area contributed by atoms with E-state index in [0.717, 1.165) is 0 Å². The monoisotopic (exact) mass is 258 g/mol. The van der Waals surface area contributed by atoms with E-state index in [4.69, 9.17) is 30.6 Å². The summed E-state index contributed by atoms with van der Waals surface area (Å²) in [6.07, 6.45) is 0. The van der Waals surface area contributed by atoms with Crippen molar-refractivity contribution >= 4 is 0 Å². The Hall–Kier alpha value is 0.452. The first-order valence-electron chi connectivity index (χ1n) is 1.11. The summed E-state index contributed by atoms with van der Waals surface area (Å²) >= 11 is 0. The molecule has 0 fully saturated rings. The summed E-state index contributed by atoms with van der Waals surface area (Å²) in [4.78, 5) is 16.6. The van der Waals surface area contributed by atoms with Crippen molar-refractivity contribution in [2.24, 2.45) is 0 Å². The molecule has 48 valence electrons. The Morgan fingerprint density at radius 1 is 1.11 bits per heavy atom. The van der Waals surface area contributed by atoms with E-state index in [9.17, 15) is 0 Å². The maximum atomic E-state index is 8.36. The van der Waals surface area contributed by atoms with Crippen LogP contribution in [0.5, 0.6) is 0 Å². The molecule has 0 heterocycles. The molecule has 0 spiro atoms. The molecule has 9 heteroatoms. The zero-order valence-corrected chi connectivity index (χ0v) is 10.7. The average molecular weight is 258 g/mol. The molecule has 1 N–H and O–H groups in total. The van der Waals surface area contributed by atoms with Gasteiger partial charge in [-0.2, -0.15) is 0 Å². The molecule has 0 saturated carbocycles. The minimum absolute atomic E-state index is 0. The molecule has 0 aliphatic rings. The van der Waals surface area contributed by atoms with Crippen LogP contribution in [0.1, 0.15) is 0 Å². The molecule has 0 radical (unpaired) electrons. The first-order valence-corrected chi connectivity index (χ1v) is 1.11. The first-order chi connectivity index (χ1) is 3.46. The maximum absolute atomic E-state index is 8.36. The van der Waals surface area contributed by atoms with E-state index >= 15 is 0 Å². The Labute approximate surface area is 107 Å². The van der Waals surface area contributed by atoms with Crippen LogP contribution in [0.25, 0.3) is 0 Å². The molecule has 0 aliphatic heterocycles. The van der Waals surface area contributed by atoms with E-state index in [1.807, 2.05) is 0 Å². The third-order valence-electron chi connectivity index (χ3n) is 0. The number of hydrogen-bond donors (Lipinski definition) is 1. The van der Waals surface area contributed by atoms with Crippen molar-refractivity contribution < 1.29 is 84.3 Å². The van der Waals surface area contributed by atoms with Gasteiger partial charge in [0.2, 0.25) is 0 Å². The zero-order valence-electron chi connectivity index (χ0n) is 4.38. The van der Waals surface area contributed by atoms with Crippen LogP contribution in [0.3, 0.4) is 0 Å². The SMILES string of the molecule is O=[N+]([O-])O.O=[N+]([O-])[O-].[Cs+]. The van der Waals surface area contributed by atoms with Crippen molar-refractivity contribution in [1.82, 2.24) is 0 Å². The second-order valence-corrected chi connectivity index (χ2v) is 0.461. The standard InChI is InChI=1S/Cs.HNO3.NO3/c;2*2-1(3)4/h;(H,2,3,4);/q+1;;-1. The average Bonchev–Trinajstić information content (AvgIpc) is 1.25. The summed E-state index contributed by atoms with van der Waals surface area (Å²) < 4.78 is 0. The van der Waals surface area contributed by atoms with Gasteiger partial charge in [-0.25, -0.2) is 0 Å². The van der Waals surface area contributed by atoms with Gasteiger partial charge >= 0.3 is 68.9 Å². The third-order valence-corrected chi connectivity index (χ3v) is 0. The Bertz CT molecular complexity index is 69.1. The molecule has 0 aromatic carbocycles. The Kier molecular flexibility index (Phi) is 20.3. The quantitative estimate of drug-likeness (QED) is 0.353. The Morgan fingerprint density at radius 3 is 1.11 bits per heavy atom. The van der Waals surface area contributed by atoms with Crippen LogP contribution in [0.15, 0.2) is 0 Å². The van der Waals surface area contributed by atoms with Crippen LogP contribution >= 0.6 is 0 Å². The van der Waals surface area contributed by atoms with Crippen LogP contribution in [0.4, 0.5) is 0 Å². The summed E-state index contributed by atoms with van der Waals surface area (Å²) in [5.74, 6) is 0. The van der Waals surface area contributed by atoms with Crippen LogP contribution < -0.4 is 68.9 Å². The van der Waals surface area contributed by atoms with E-state index in [2.05, 4.69) is 0 Å². The van der Waals surface area contributed by atoms with Gasteiger partial charge in [-0.15, -0.1) is 10.1 Å². The van der Waals surface area contributed by atoms with Gasteiger partial charge in [0.05, 0.1) is 5.09 Å². The van der Waals surface area contributed by atoms with E-state index in [1.165, 1.54) is 0 Å². The van der Waals surface area contributed by atoms with Gasteiger partial charge in [0.15, 0.2) is 0 Å². The molecule has 0 saturated heterocycles. The second-order valence-electron chi connectivity index (χ2n) is 0.461. The molecule has 0 aromatic rings. The molecule has 0 unspecified atom stereocenters. The van der Waals surface area contributed by atoms with Crippen molar-refractivity contribution in [2.45, 2.75) is 0 Å². The van der Waals surface area contributed by atoms with Gasteiger partial charge in [0.1, 0.15) is 0 Å². The number of rotatable bonds is 0. The van der Waals surface area contributed by atoms with Crippen molar-refractivity contribution in [3.63, 3.8) is 0 Å². The molecular formula is HCsN2O6. The minimum Gasteiger partial charge on any atom is -0.356 e. The summed E-state index contributed by atoms with van der Waals surface area (Å²) in [6, 6.07) is 0. The molecule has 8 nitrogen and oxygen atoms in total. The fourth-order valence-corrected chi connectivity index (χ4v) is 0. The van der Waals surface area contributed by atoms with Crippen molar-refractivity contribution in [3.05, 3.63) is 25.4 Å². The van der Waals surface area contributed by atoms with E-state index in [0.29, 0.717) is 0 Å².